The Bertz CT molecular complexity index is 1830. The lowest BCUT2D eigenvalue weighted by atomic mass is 10.0. The number of pyridine rings is 1. The van der Waals surface area contributed by atoms with Gasteiger partial charge in [0.15, 0.2) is 0 Å². The van der Waals surface area contributed by atoms with E-state index in [1.807, 2.05) is 11.0 Å². The first-order valence-electron chi connectivity index (χ1n) is 14.9. The zero-order chi connectivity index (χ0) is 33.6. The van der Waals surface area contributed by atoms with Gasteiger partial charge in [0, 0.05) is 36.7 Å². The quantitative estimate of drug-likeness (QED) is 0.176. The number of esters is 1. The van der Waals surface area contributed by atoms with Gasteiger partial charge in [-0.05, 0) is 37.8 Å². The van der Waals surface area contributed by atoms with Crippen molar-refractivity contribution >= 4 is 75.5 Å². The Morgan fingerprint density at radius 2 is 2.04 bits per heavy atom. The van der Waals surface area contributed by atoms with Crippen molar-refractivity contribution in [3.63, 3.8) is 0 Å². The normalized spacial score (nSPS) is 22.2. The van der Waals surface area contributed by atoms with Gasteiger partial charge in [-0.25, -0.2) is 14.0 Å². The molecule has 1 aliphatic carbocycles. The summed E-state index contributed by atoms with van der Waals surface area (Å²) >= 11 is 9.07. The first-order valence-corrected chi connectivity index (χ1v) is 17.5. The second kappa shape index (κ2) is 13.4. The summed E-state index contributed by atoms with van der Waals surface area (Å²) in [5, 5.41) is 20.5. The second-order valence-electron chi connectivity index (χ2n) is 11.7. The number of carbonyl (C=O) groups is 4. The molecule has 1 aromatic carbocycles. The number of halogens is 2. The highest BCUT2D eigenvalue weighted by atomic mass is 35.5. The predicted octanol–water partition coefficient (Wildman–Crippen LogP) is 2.07. The smallest absolute Gasteiger partial charge is 0.352 e. The number of hydrogen-bond acceptors (Lipinski definition) is 11. The van der Waals surface area contributed by atoms with Crippen molar-refractivity contribution in [1.82, 2.24) is 14.8 Å². The molecule has 3 atom stereocenters. The molecule has 2 amide bonds. The van der Waals surface area contributed by atoms with Crippen molar-refractivity contribution in [2.45, 2.75) is 36.7 Å². The molecule has 4 N–H and O–H groups in total. The third-order valence-corrected chi connectivity index (χ3v) is 11.1. The van der Waals surface area contributed by atoms with Gasteiger partial charge in [-0.3, -0.25) is 19.3 Å². The van der Waals surface area contributed by atoms with Crippen molar-refractivity contribution in [1.29, 1.82) is 5.26 Å². The van der Waals surface area contributed by atoms with Crippen LogP contribution < -0.4 is 21.4 Å². The molecule has 4 aliphatic rings. The summed E-state index contributed by atoms with van der Waals surface area (Å²) in [5.41, 5.74) is 5.00. The Morgan fingerprint density at radius 3 is 2.70 bits per heavy atom. The fourth-order valence-electron chi connectivity index (χ4n) is 6.16. The summed E-state index contributed by atoms with van der Waals surface area (Å²) in [5.74, 6) is -3.86. The molecule has 1 aromatic heterocycles. The van der Waals surface area contributed by atoms with Gasteiger partial charge in [-0.2, -0.15) is 5.26 Å². The van der Waals surface area contributed by atoms with Crippen molar-refractivity contribution in [3.8, 4) is 6.07 Å². The second-order valence-corrected chi connectivity index (χ2v) is 14.2. The van der Waals surface area contributed by atoms with Crippen molar-refractivity contribution in [3.05, 3.63) is 50.2 Å². The molecule has 47 heavy (non-hydrogen) atoms. The SMILES string of the molecule is N#CCSCC(=O)N[C@@H]1C(=O)N2C(C(=O)O)=C(COC(=O)c3cn(C4CC4)c4c(Cl)c(N5CCC(CN)C5)c(F)cc4c3=O)CS[C@H]12. The summed E-state index contributed by atoms with van der Waals surface area (Å²) in [4.78, 5) is 67.1. The lowest BCUT2D eigenvalue weighted by Crippen LogP contribution is -2.70. The lowest BCUT2D eigenvalue weighted by molar-refractivity contribution is -0.150. The number of nitriles is 1. The molecule has 248 valence electrons. The van der Waals surface area contributed by atoms with Gasteiger partial charge in [0.25, 0.3) is 5.91 Å². The average Bonchev–Trinajstić information content (AvgIpc) is 3.79. The monoisotopic (exact) mass is 704 g/mol. The van der Waals surface area contributed by atoms with E-state index in [1.54, 1.807) is 4.57 Å². The molecule has 0 radical (unpaired) electrons. The Balaban J connectivity index is 1.23. The number of thioether (sulfide) groups is 2. The Morgan fingerprint density at radius 1 is 1.28 bits per heavy atom. The van der Waals surface area contributed by atoms with Crippen molar-refractivity contribution in [2.75, 3.05) is 48.4 Å². The molecule has 6 rings (SSSR count). The van der Waals surface area contributed by atoms with E-state index in [4.69, 9.17) is 27.3 Å². The van der Waals surface area contributed by atoms with Gasteiger partial charge in [-0.1, -0.05) is 11.6 Å². The largest absolute Gasteiger partial charge is 0.477 e. The van der Waals surface area contributed by atoms with Gasteiger partial charge in [0.2, 0.25) is 11.3 Å². The number of aromatic nitrogens is 1. The van der Waals surface area contributed by atoms with Crippen LogP contribution in [0.5, 0.6) is 0 Å². The maximum absolute atomic E-state index is 15.6. The van der Waals surface area contributed by atoms with Gasteiger partial charge in [-0.15, -0.1) is 23.5 Å². The molecule has 4 heterocycles. The third-order valence-electron chi connectivity index (χ3n) is 8.62. The fraction of sp³-hybridized carbons (Fsp3) is 0.467. The number of nitrogens with one attached hydrogen (secondary N) is 1. The minimum absolute atomic E-state index is 0.0254. The standard InChI is InChI=1S/C30H30ClFN6O7S2/c31-21-24-17(7-19(32)25(21)36-5-3-14(8-34)9-36)26(40)18(10-37(24)16-1-2-16)30(44)45-11-15-12-47-28-22(35-20(39)13-46-6-4-33)27(41)38(28)23(15)29(42)43/h7,10,14,16,22,28H,1-3,5-6,8-9,11-13,34H2,(H,35,39)(H,42,43)/t14?,22-,28-/m1/s1. The minimum Gasteiger partial charge on any atom is -0.477 e. The van der Waals surface area contributed by atoms with E-state index in [9.17, 15) is 29.1 Å². The van der Waals surface area contributed by atoms with E-state index in [1.165, 1.54) is 18.0 Å². The van der Waals surface area contributed by atoms with Crippen LogP contribution >= 0.6 is 35.1 Å². The van der Waals surface area contributed by atoms with Crippen LogP contribution in [0, 0.1) is 23.1 Å². The number of nitrogens with two attached hydrogens (primary N) is 1. The average molecular weight is 705 g/mol. The number of fused-ring (bicyclic) bond motifs is 2. The molecule has 13 nitrogen and oxygen atoms in total. The number of nitrogens with zero attached hydrogens (tertiary/aromatic N) is 4. The number of ether oxygens (including phenoxy) is 1. The van der Waals surface area contributed by atoms with Crippen molar-refractivity contribution < 1.29 is 33.4 Å². The van der Waals surface area contributed by atoms with Crippen LogP contribution in [0.3, 0.4) is 0 Å². The highest BCUT2D eigenvalue weighted by molar-refractivity contribution is 8.00. The first-order chi connectivity index (χ1) is 22.5. The van der Waals surface area contributed by atoms with Crippen LogP contribution in [0.4, 0.5) is 10.1 Å². The number of β-lactam (4-membered cyclic amide) rings is 1. The van der Waals surface area contributed by atoms with E-state index in [0.29, 0.717) is 25.2 Å². The number of benzene rings is 1. The summed E-state index contributed by atoms with van der Waals surface area (Å²) in [6.45, 7) is 1.04. The number of hydrogen-bond donors (Lipinski definition) is 3. The van der Waals surface area contributed by atoms with E-state index in [0.717, 1.165) is 42.0 Å². The number of aliphatic carboxylic acids is 1. The number of carboxylic acids is 1. The molecule has 1 saturated carbocycles. The number of carboxylic acid groups (broad SMARTS) is 1. The van der Waals surface area contributed by atoms with E-state index < -0.39 is 53.0 Å². The molecule has 2 saturated heterocycles. The first kappa shape index (κ1) is 33.1. The maximum atomic E-state index is 15.6. The molecular weight excluding hydrogens is 675 g/mol. The van der Waals surface area contributed by atoms with Gasteiger partial charge in [0.05, 0.1) is 39.2 Å². The molecule has 3 aliphatic heterocycles. The highest BCUT2D eigenvalue weighted by Gasteiger charge is 2.54. The maximum Gasteiger partial charge on any atom is 0.352 e. The van der Waals surface area contributed by atoms with Crippen LogP contribution in [0.25, 0.3) is 10.9 Å². The van der Waals surface area contributed by atoms with E-state index in [2.05, 4.69) is 5.32 Å². The number of anilines is 1. The van der Waals surface area contributed by atoms with Crippen molar-refractivity contribution in [2.24, 2.45) is 11.7 Å². The zero-order valence-corrected chi connectivity index (χ0v) is 27.3. The fourth-order valence-corrected chi connectivity index (χ4v) is 8.36. The van der Waals surface area contributed by atoms with Gasteiger partial charge < -0.3 is 30.4 Å². The van der Waals surface area contributed by atoms with E-state index >= 15 is 4.39 Å². The van der Waals surface area contributed by atoms with Gasteiger partial charge in [0.1, 0.15) is 35.1 Å². The van der Waals surface area contributed by atoms with Crippen LogP contribution in [0.1, 0.15) is 35.7 Å². The minimum atomic E-state index is -1.41. The van der Waals surface area contributed by atoms with Crippen LogP contribution in [0.15, 0.2) is 28.3 Å². The van der Waals surface area contributed by atoms with Gasteiger partial charge >= 0.3 is 11.9 Å². The molecule has 3 fully saturated rings. The Kier molecular flexibility index (Phi) is 9.43. The van der Waals surface area contributed by atoms with E-state index in [-0.39, 0.29) is 62.1 Å². The summed E-state index contributed by atoms with van der Waals surface area (Å²) in [7, 11) is 0. The third kappa shape index (κ3) is 6.17. The molecular formula is C30H30ClFN6O7S2. The highest BCUT2D eigenvalue weighted by Crippen LogP contribution is 2.43. The Labute approximate surface area is 281 Å². The molecule has 0 bridgehead atoms. The zero-order valence-electron chi connectivity index (χ0n) is 24.9. The number of rotatable bonds is 11. The molecule has 2 aromatic rings. The summed E-state index contributed by atoms with van der Waals surface area (Å²) in [6.07, 6.45) is 3.69. The molecule has 17 heteroatoms. The number of amides is 2. The Hall–Kier alpha value is -3.78. The predicted molar refractivity (Wildman–Crippen MR) is 174 cm³/mol. The molecule has 0 spiro atoms. The molecule has 1 unspecified atom stereocenters. The van der Waals surface area contributed by atoms with Crippen LogP contribution in [-0.2, 0) is 19.1 Å². The van der Waals surface area contributed by atoms with Crippen LogP contribution in [-0.4, -0.2) is 93.2 Å². The summed E-state index contributed by atoms with van der Waals surface area (Å²) < 4.78 is 22.7. The topological polar surface area (TPSA) is 188 Å². The lowest BCUT2D eigenvalue weighted by Gasteiger charge is -2.49. The summed E-state index contributed by atoms with van der Waals surface area (Å²) in [6, 6.07) is 2.01. The number of carbonyl (C=O) groups excluding carboxylic acids is 3. The van der Waals surface area contributed by atoms with Crippen LogP contribution in [0.2, 0.25) is 5.02 Å².